The second kappa shape index (κ2) is 5.18. The van der Waals surface area contributed by atoms with E-state index in [-0.39, 0.29) is 0 Å². The molecule has 0 bridgehead atoms. The second-order valence-electron chi connectivity index (χ2n) is 4.41. The van der Waals surface area contributed by atoms with Crippen molar-refractivity contribution in [2.24, 2.45) is 5.41 Å². The Hall–Kier alpha value is -0.790. The van der Waals surface area contributed by atoms with Crippen LogP contribution in [0.3, 0.4) is 0 Å². The highest BCUT2D eigenvalue weighted by atomic mass is 16.3. The number of unbranched alkanes of at least 4 members (excludes halogenated alkanes) is 1. The molecule has 0 saturated heterocycles. The smallest absolute Gasteiger partial charge is 0.180 e. The summed E-state index contributed by atoms with van der Waals surface area (Å²) in [6.45, 7) is 6.84. The second-order valence-corrected chi connectivity index (χ2v) is 4.41. The lowest BCUT2D eigenvalue weighted by Crippen LogP contribution is -2.18. The quantitative estimate of drug-likeness (QED) is 0.689. The third-order valence-electron chi connectivity index (χ3n) is 3.07. The first-order valence-corrected chi connectivity index (χ1v) is 5.57. The van der Waals surface area contributed by atoms with Crippen LogP contribution in [-0.4, -0.2) is 4.98 Å². The fraction of sp³-hybridized carbons (Fsp3) is 0.750. The van der Waals surface area contributed by atoms with Crippen molar-refractivity contribution in [1.29, 1.82) is 0 Å². The summed E-state index contributed by atoms with van der Waals surface area (Å²) < 4.78 is 5.30. The van der Waals surface area contributed by atoms with E-state index in [0.717, 1.165) is 12.2 Å². The van der Waals surface area contributed by atoms with Crippen molar-refractivity contribution in [3.05, 3.63) is 18.4 Å². The lowest BCUT2D eigenvalue weighted by molar-refractivity contribution is 0.254. The van der Waals surface area contributed by atoms with Gasteiger partial charge >= 0.3 is 0 Å². The van der Waals surface area contributed by atoms with Crippen LogP contribution in [0.4, 0.5) is 0 Å². The summed E-state index contributed by atoms with van der Waals surface area (Å²) in [5.74, 6) is 1.02. The molecule has 0 amide bonds. The summed E-state index contributed by atoms with van der Waals surface area (Å²) in [5, 5.41) is 0. The number of hydrogen-bond donors (Lipinski definition) is 0. The maximum Gasteiger partial charge on any atom is 0.180 e. The first kappa shape index (κ1) is 11.3. The van der Waals surface area contributed by atoms with Crippen molar-refractivity contribution in [2.75, 3.05) is 0 Å². The van der Waals surface area contributed by atoms with Gasteiger partial charge in [0.2, 0.25) is 0 Å². The molecule has 0 spiro atoms. The summed E-state index contributed by atoms with van der Waals surface area (Å²) in [6, 6.07) is 0. The van der Waals surface area contributed by atoms with Crippen LogP contribution in [0.1, 0.15) is 52.2 Å². The van der Waals surface area contributed by atoms with E-state index in [1.807, 2.05) is 6.20 Å². The third-order valence-corrected chi connectivity index (χ3v) is 3.07. The number of aromatic nitrogens is 1. The lowest BCUT2D eigenvalue weighted by atomic mass is 9.79. The third kappa shape index (κ3) is 3.17. The van der Waals surface area contributed by atoms with Crippen molar-refractivity contribution >= 4 is 0 Å². The van der Waals surface area contributed by atoms with Crippen LogP contribution >= 0.6 is 0 Å². The van der Waals surface area contributed by atoms with Gasteiger partial charge in [-0.25, -0.2) is 4.98 Å². The number of nitrogens with zero attached hydrogens (tertiary/aromatic N) is 1. The van der Waals surface area contributed by atoms with Gasteiger partial charge in [0.15, 0.2) is 6.39 Å². The molecule has 2 nitrogen and oxygen atoms in total. The Morgan fingerprint density at radius 3 is 2.71 bits per heavy atom. The lowest BCUT2D eigenvalue weighted by Gasteiger charge is -2.26. The molecule has 14 heavy (non-hydrogen) atoms. The topological polar surface area (TPSA) is 26.0 Å². The minimum atomic E-state index is 0.384. The van der Waals surface area contributed by atoms with Crippen LogP contribution in [0.2, 0.25) is 0 Å². The van der Waals surface area contributed by atoms with Crippen LogP contribution < -0.4 is 0 Å². The normalized spacial score (nSPS) is 15.4. The molecule has 0 aliphatic rings. The minimum Gasteiger partial charge on any atom is -0.449 e. The molecule has 0 aromatic carbocycles. The molecule has 0 aliphatic heterocycles. The fourth-order valence-corrected chi connectivity index (χ4v) is 1.74. The van der Waals surface area contributed by atoms with Crippen LogP contribution in [0.25, 0.3) is 0 Å². The number of hydrogen-bond acceptors (Lipinski definition) is 2. The monoisotopic (exact) mass is 195 g/mol. The highest BCUT2D eigenvalue weighted by Crippen LogP contribution is 2.32. The molecule has 0 fully saturated rings. The summed E-state index contributed by atoms with van der Waals surface area (Å²) in [4.78, 5) is 3.95. The first-order valence-electron chi connectivity index (χ1n) is 5.57. The molecule has 0 radical (unpaired) electrons. The summed E-state index contributed by atoms with van der Waals surface area (Å²) in [6.07, 6.45) is 9.42. The molecule has 1 aromatic heterocycles. The van der Waals surface area contributed by atoms with Gasteiger partial charge in [-0.3, -0.25) is 0 Å². The van der Waals surface area contributed by atoms with Gasteiger partial charge < -0.3 is 4.42 Å². The zero-order chi connectivity index (χ0) is 10.4. The maximum absolute atomic E-state index is 5.30. The number of oxazole rings is 1. The van der Waals surface area contributed by atoms with Gasteiger partial charge in [-0.05, 0) is 11.8 Å². The zero-order valence-electron chi connectivity index (χ0n) is 9.55. The summed E-state index contributed by atoms with van der Waals surface area (Å²) >= 11 is 0. The molecule has 1 aromatic rings. The van der Waals surface area contributed by atoms with Crippen LogP contribution in [0.15, 0.2) is 17.0 Å². The summed E-state index contributed by atoms with van der Waals surface area (Å²) in [7, 11) is 0. The zero-order valence-corrected chi connectivity index (χ0v) is 9.55. The minimum absolute atomic E-state index is 0.384. The molecule has 80 valence electrons. The Bertz CT molecular complexity index is 243. The average molecular weight is 195 g/mol. The van der Waals surface area contributed by atoms with E-state index in [2.05, 4.69) is 25.8 Å². The van der Waals surface area contributed by atoms with Gasteiger partial charge in [-0.15, -0.1) is 0 Å². The van der Waals surface area contributed by atoms with Gasteiger partial charge in [-0.1, -0.05) is 40.0 Å². The fourth-order valence-electron chi connectivity index (χ4n) is 1.74. The molecule has 1 unspecified atom stereocenters. The van der Waals surface area contributed by atoms with E-state index in [9.17, 15) is 0 Å². The van der Waals surface area contributed by atoms with Crippen LogP contribution in [0.5, 0.6) is 0 Å². The molecular weight excluding hydrogens is 174 g/mol. The number of rotatable bonds is 6. The van der Waals surface area contributed by atoms with E-state index in [1.165, 1.54) is 32.1 Å². The molecule has 0 saturated carbocycles. The van der Waals surface area contributed by atoms with E-state index < -0.39 is 0 Å². The average Bonchev–Trinajstić information content (AvgIpc) is 2.67. The largest absolute Gasteiger partial charge is 0.449 e. The molecule has 2 heteroatoms. The highest BCUT2D eigenvalue weighted by molar-refractivity contribution is 4.94. The first-order chi connectivity index (χ1) is 6.70. The van der Waals surface area contributed by atoms with Crippen molar-refractivity contribution < 1.29 is 4.42 Å². The highest BCUT2D eigenvalue weighted by Gasteiger charge is 2.23. The predicted octanol–water partition coefficient (Wildman–Crippen LogP) is 3.82. The Morgan fingerprint density at radius 2 is 2.21 bits per heavy atom. The van der Waals surface area contributed by atoms with Crippen molar-refractivity contribution in [3.63, 3.8) is 0 Å². The van der Waals surface area contributed by atoms with E-state index in [0.29, 0.717) is 5.41 Å². The predicted molar refractivity (Wildman–Crippen MR) is 58.1 cm³/mol. The SMILES string of the molecule is CCCCC(C)(CC)Cc1cnco1. The van der Waals surface area contributed by atoms with Crippen LogP contribution in [0, 0.1) is 5.41 Å². The van der Waals surface area contributed by atoms with E-state index >= 15 is 0 Å². The molecule has 1 heterocycles. The Kier molecular flexibility index (Phi) is 4.18. The van der Waals surface area contributed by atoms with E-state index in [4.69, 9.17) is 4.42 Å². The van der Waals surface area contributed by atoms with E-state index in [1.54, 1.807) is 0 Å². The maximum atomic E-state index is 5.30. The Balaban J connectivity index is 2.52. The van der Waals surface area contributed by atoms with Crippen molar-refractivity contribution in [2.45, 2.75) is 52.9 Å². The molecule has 0 aliphatic carbocycles. The van der Waals surface area contributed by atoms with Gasteiger partial charge in [-0.2, -0.15) is 0 Å². The van der Waals surface area contributed by atoms with Gasteiger partial charge in [0, 0.05) is 6.42 Å². The molecular formula is C12H21NO. The standard InChI is InChI=1S/C12H21NO/c1-4-6-7-12(3,5-2)8-11-9-13-10-14-11/h9-10H,4-8H2,1-3H3. The van der Waals surface area contributed by atoms with Gasteiger partial charge in [0.05, 0.1) is 6.20 Å². The van der Waals surface area contributed by atoms with Gasteiger partial charge in [0.25, 0.3) is 0 Å². The summed E-state index contributed by atoms with van der Waals surface area (Å²) in [5.41, 5.74) is 0.384. The van der Waals surface area contributed by atoms with Gasteiger partial charge in [0.1, 0.15) is 5.76 Å². The molecule has 1 rings (SSSR count). The van der Waals surface area contributed by atoms with Crippen LogP contribution in [-0.2, 0) is 6.42 Å². The molecule has 1 atom stereocenters. The molecule has 0 N–H and O–H groups in total. The Labute approximate surface area is 86.7 Å². The van der Waals surface area contributed by atoms with Crippen molar-refractivity contribution in [3.8, 4) is 0 Å². The Morgan fingerprint density at radius 1 is 1.43 bits per heavy atom. The van der Waals surface area contributed by atoms with Crippen molar-refractivity contribution in [1.82, 2.24) is 4.98 Å².